The van der Waals surface area contributed by atoms with E-state index in [2.05, 4.69) is 29.0 Å². The molecule has 0 saturated heterocycles. The van der Waals surface area contributed by atoms with Crippen LogP contribution < -0.4 is 11.2 Å². The smallest absolute Gasteiger partial charge is 0.332 e. The number of hydrogen-bond donors (Lipinski definition) is 2. The zero-order chi connectivity index (χ0) is 24.1. The van der Waals surface area contributed by atoms with Crippen molar-refractivity contribution >= 4 is 21.6 Å². The molecule has 34 heavy (non-hydrogen) atoms. The summed E-state index contributed by atoms with van der Waals surface area (Å²) in [5.74, 6) is 0.250. The summed E-state index contributed by atoms with van der Waals surface area (Å²) in [6.07, 6.45) is 3.96. The van der Waals surface area contributed by atoms with Crippen molar-refractivity contribution in [3.8, 4) is 11.1 Å². The van der Waals surface area contributed by atoms with Gasteiger partial charge in [0.15, 0.2) is 0 Å². The molecule has 0 aromatic carbocycles. The van der Waals surface area contributed by atoms with Gasteiger partial charge in [-0.2, -0.15) is 5.10 Å². The van der Waals surface area contributed by atoms with Gasteiger partial charge < -0.3 is 5.11 Å². The second-order valence-corrected chi connectivity index (χ2v) is 10.6. The predicted molar refractivity (Wildman–Crippen MR) is 133 cm³/mol. The van der Waals surface area contributed by atoms with Crippen LogP contribution in [-0.4, -0.2) is 29.4 Å². The van der Waals surface area contributed by atoms with E-state index >= 15 is 0 Å². The highest BCUT2D eigenvalue weighted by molar-refractivity contribution is 7.19. The Bertz CT molecular complexity index is 1480. The number of aromatic nitrogens is 5. The van der Waals surface area contributed by atoms with Crippen LogP contribution in [0.3, 0.4) is 0 Å². The van der Waals surface area contributed by atoms with Crippen molar-refractivity contribution in [1.82, 2.24) is 24.3 Å². The van der Waals surface area contributed by atoms with Gasteiger partial charge in [0, 0.05) is 46.9 Å². The highest BCUT2D eigenvalue weighted by atomic mass is 32.1. The molecule has 178 valence electrons. The highest BCUT2D eigenvalue weighted by Gasteiger charge is 2.31. The van der Waals surface area contributed by atoms with Crippen LogP contribution in [0.2, 0.25) is 0 Å². The molecule has 5 rings (SSSR count). The number of thiophene rings is 1. The Balaban J connectivity index is 1.87. The van der Waals surface area contributed by atoms with Crippen LogP contribution in [0.1, 0.15) is 60.3 Å². The molecule has 0 aliphatic heterocycles. The number of fused-ring (bicyclic) bond motifs is 1. The lowest BCUT2D eigenvalue weighted by Crippen LogP contribution is -2.39. The summed E-state index contributed by atoms with van der Waals surface area (Å²) in [4.78, 5) is 33.3. The molecule has 2 N–H and O–H groups in total. The van der Waals surface area contributed by atoms with E-state index in [-0.39, 0.29) is 29.8 Å². The zero-order valence-electron chi connectivity index (χ0n) is 19.9. The van der Waals surface area contributed by atoms with Gasteiger partial charge in [-0.05, 0) is 50.3 Å². The first kappa shape index (κ1) is 22.7. The molecule has 1 aliphatic rings. The summed E-state index contributed by atoms with van der Waals surface area (Å²) in [7, 11) is 0. The van der Waals surface area contributed by atoms with E-state index in [4.69, 9.17) is 0 Å². The Labute approximate surface area is 200 Å². The van der Waals surface area contributed by atoms with E-state index in [1.54, 1.807) is 10.8 Å². The van der Waals surface area contributed by atoms with Crippen molar-refractivity contribution in [2.24, 2.45) is 5.92 Å². The van der Waals surface area contributed by atoms with Crippen LogP contribution in [-0.2, 0) is 19.6 Å². The van der Waals surface area contributed by atoms with E-state index in [1.807, 2.05) is 26.0 Å². The van der Waals surface area contributed by atoms with Crippen molar-refractivity contribution in [3.05, 3.63) is 66.7 Å². The zero-order valence-corrected chi connectivity index (χ0v) is 20.7. The molecule has 4 aromatic rings. The molecule has 1 aliphatic carbocycles. The van der Waals surface area contributed by atoms with Gasteiger partial charge in [0.2, 0.25) is 0 Å². The number of hydrogen-bond acceptors (Lipinski definition) is 6. The molecule has 4 heterocycles. The molecule has 0 bridgehead atoms. The lowest BCUT2D eigenvalue weighted by atomic mass is 9.99. The van der Waals surface area contributed by atoms with E-state index < -0.39 is 0 Å². The number of rotatable bonds is 7. The average Bonchev–Trinajstić information content (AvgIpc) is 3.49. The minimum atomic E-state index is -0.219. The number of nitrogens with one attached hydrogen (secondary N) is 1. The number of aromatic amines is 1. The summed E-state index contributed by atoms with van der Waals surface area (Å²) in [6, 6.07) is 3.68. The predicted octanol–water partition coefficient (Wildman–Crippen LogP) is 3.70. The van der Waals surface area contributed by atoms with Crippen LogP contribution in [0.5, 0.6) is 0 Å². The number of nitrogens with zero attached hydrogens (tertiary/aromatic N) is 4. The summed E-state index contributed by atoms with van der Waals surface area (Å²) in [6.45, 7) is 8.48. The molecule has 0 radical (unpaired) electrons. The Morgan fingerprint density at radius 1 is 1.26 bits per heavy atom. The topological polar surface area (TPSA) is 106 Å². The molecule has 8 nitrogen and oxygen atoms in total. The summed E-state index contributed by atoms with van der Waals surface area (Å²) >= 11 is 1.51. The van der Waals surface area contributed by atoms with E-state index in [9.17, 15) is 14.7 Å². The first-order chi connectivity index (χ1) is 16.3. The number of aryl methyl sites for hydroxylation is 2. The van der Waals surface area contributed by atoms with Crippen molar-refractivity contribution in [2.75, 3.05) is 0 Å². The van der Waals surface area contributed by atoms with E-state index in [1.165, 1.54) is 15.9 Å². The van der Waals surface area contributed by atoms with Crippen molar-refractivity contribution < 1.29 is 5.11 Å². The second kappa shape index (κ2) is 8.63. The Hall–Kier alpha value is -3.04. The lowest BCUT2D eigenvalue weighted by molar-refractivity contribution is 0.277. The molecule has 4 aromatic heterocycles. The van der Waals surface area contributed by atoms with Gasteiger partial charge in [-0.15, -0.1) is 11.3 Å². The summed E-state index contributed by atoms with van der Waals surface area (Å²) in [5.41, 5.74) is 4.75. The maximum Gasteiger partial charge on any atom is 0.332 e. The Morgan fingerprint density at radius 2 is 2.03 bits per heavy atom. The fraction of sp³-hybridized carbons (Fsp3) is 0.440. The molecule has 0 spiro atoms. The number of aliphatic hydroxyl groups is 1. The third kappa shape index (κ3) is 3.82. The molecular formula is C25H29N5O3S. The van der Waals surface area contributed by atoms with Gasteiger partial charge in [0.05, 0.1) is 23.4 Å². The van der Waals surface area contributed by atoms with Crippen molar-refractivity contribution in [3.63, 3.8) is 0 Å². The minimum Gasteiger partial charge on any atom is -0.390 e. The lowest BCUT2D eigenvalue weighted by Gasteiger charge is -2.14. The van der Waals surface area contributed by atoms with Gasteiger partial charge >= 0.3 is 5.69 Å². The molecule has 1 fully saturated rings. The van der Waals surface area contributed by atoms with Crippen LogP contribution in [0, 0.1) is 19.8 Å². The standard InChI is InChI=1S/C25H29N5O3S/c1-13(2)11-29-24-22(23(32)30(25(29)33)18-5-6-18)21(16-7-8-26-17(9-16)12-31)20(34-24)10-19-14(3)27-28-15(19)4/h7-9,13,18,31H,5-6,10-12H2,1-4H3,(H,27,28). The first-order valence-corrected chi connectivity index (χ1v) is 12.5. The maximum absolute atomic E-state index is 13.8. The summed E-state index contributed by atoms with van der Waals surface area (Å²) in [5, 5.41) is 17.7. The van der Waals surface area contributed by atoms with Crippen LogP contribution >= 0.6 is 11.3 Å². The SMILES string of the molecule is Cc1n[nH]c(C)c1Cc1sc2c(c1-c1ccnc(CO)c1)c(=O)n(C1CC1)c(=O)n2CC(C)C. The number of H-pyrrole nitrogens is 1. The van der Waals surface area contributed by atoms with Gasteiger partial charge in [0.1, 0.15) is 4.83 Å². The second-order valence-electron chi connectivity index (χ2n) is 9.56. The van der Waals surface area contributed by atoms with Gasteiger partial charge in [-0.1, -0.05) is 13.8 Å². The van der Waals surface area contributed by atoms with Crippen molar-refractivity contribution in [1.29, 1.82) is 0 Å². The van der Waals surface area contributed by atoms with Crippen LogP contribution in [0.15, 0.2) is 27.9 Å². The van der Waals surface area contributed by atoms with Crippen molar-refractivity contribution in [2.45, 2.75) is 66.2 Å². The van der Waals surface area contributed by atoms with Gasteiger partial charge in [-0.3, -0.25) is 24.0 Å². The van der Waals surface area contributed by atoms with Crippen LogP contribution in [0.25, 0.3) is 21.3 Å². The van der Waals surface area contributed by atoms with Gasteiger partial charge in [-0.25, -0.2) is 4.79 Å². The monoisotopic (exact) mass is 479 g/mol. The van der Waals surface area contributed by atoms with Gasteiger partial charge in [0.25, 0.3) is 5.56 Å². The largest absolute Gasteiger partial charge is 0.390 e. The van der Waals surface area contributed by atoms with E-state index in [0.717, 1.165) is 45.8 Å². The normalized spacial score (nSPS) is 13.9. The number of aliphatic hydroxyl groups excluding tert-OH is 1. The number of pyridine rings is 1. The fourth-order valence-corrected chi connectivity index (χ4v) is 5.93. The maximum atomic E-state index is 13.8. The van der Waals surface area contributed by atoms with Crippen LogP contribution in [0.4, 0.5) is 0 Å². The molecule has 0 amide bonds. The third-order valence-electron chi connectivity index (χ3n) is 6.42. The Kier molecular flexibility index (Phi) is 5.77. The molecular weight excluding hydrogens is 450 g/mol. The molecule has 0 unspecified atom stereocenters. The minimum absolute atomic E-state index is 0.0252. The first-order valence-electron chi connectivity index (χ1n) is 11.7. The molecule has 1 saturated carbocycles. The Morgan fingerprint density at radius 3 is 2.65 bits per heavy atom. The molecule has 0 atom stereocenters. The molecule has 9 heteroatoms. The average molecular weight is 480 g/mol. The fourth-order valence-electron chi connectivity index (χ4n) is 4.60. The highest BCUT2D eigenvalue weighted by Crippen LogP contribution is 2.40. The quantitative estimate of drug-likeness (QED) is 0.420. The third-order valence-corrected chi connectivity index (χ3v) is 7.64. The summed E-state index contributed by atoms with van der Waals surface area (Å²) < 4.78 is 3.26. The van der Waals surface area contributed by atoms with E-state index in [0.29, 0.717) is 28.9 Å².